The summed E-state index contributed by atoms with van der Waals surface area (Å²) in [5, 5.41) is 3.11. The number of nitrogens with zero attached hydrogens (tertiary/aromatic N) is 2. The molecule has 1 fully saturated rings. The molecule has 1 aliphatic rings. The highest BCUT2D eigenvalue weighted by Crippen LogP contribution is 2.12. The topological polar surface area (TPSA) is 62.3 Å². The van der Waals surface area contributed by atoms with Gasteiger partial charge in [0.15, 0.2) is 0 Å². The predicted octanol–water partition coefficient (Wildman–Crippen LogP) is 0.237. The zero-order valence-electron chi connectivity index (χ0n) is 9.93. The first-order valence-corrected chi connectivity index (χ1v) is 5.53. The van der Waals surface area contributed by atoms with Crippen LogP contribution in [0.4, 0.5) is 0 Å². The Bertz CT molecular complexity index is 459. The first kappa shape index (κ1) is 11.7. The van der Waals surface area contributed by atoms with Crippen LogP contribution in [-0.2, 0) is 16.1 Å². The summed E-state index contributed by atoms with van der Waals surface area (Å²) in [5.74, 6) is -0.277. The lowest BCUT2D eigenvalue weighted by Gasteiger charge is -2.12. The van der Waals surface area contributed by atoms with E-state index in [0.717, 1.165) is 11.1 Å². The zero-order valence-corrected chi connectivity index (χ0v) is 9.93. The van der Waals surface area contributed by atoms with Crippen molar-refractivity contribution in [2.45, 2.75) is 25.9 Å². The van der Waals surface area contributed by atoms with E-state index in [2.05, 4.69) is 10.3 Å². The van der Waals surface area contributed by atoms with Crippen LogP contribution in [0.1, 0.15) is 17.5 Å². The van der Waals surface area contributed by atoms with Crippen LogP contribution in [0, 0.1) is 6.92 Å². The molecule has 1 atom stereocenters. The number of amides is 2. The number of carbonyl (C=O) groups is 2. The molecule has 1 saturated heterocycles. The highest BCUT2D eigenvalue weighted by Gasteiger charge is 2.35. The number of nitrogens with one attached hydrogen (secondary N) is 1. The van der Waals surface area contributed by atoms with E-state index in [-0.39, 0.29) is 24.3 Å². The first-order chi connectivity index (χ1) is 8.09. The molecule has 2 rings (SSSR count). The van der Waals surface area contributed by atoms with Crippen molar-refractivity contribution in [2.75, 3.05) is 7.05 Å². The molecule has 5 nitrogen and oxygen atoms in total. The Kier molecular flexibility index (Phi) is 3.19. The van der Waals surface area contributed by atoms with Gasteiger partial charge < -0.3 is 5.32 Å². The summed E-state index contributed by atoms with van der Waals surface area (Å²) in [4.78, 5) is 28.2. The molecular weight excluding hydrogens is 218 g/mol. The molecule has 2 heterocycles. The zero-order chi connectivity index (χ0) is 12.4. The van der Waals surface area contributed by atoms with Crippen LogP contribution < -0.4 is 5.32 Å². The van der Waals surface area contributed by atoms with Crippen LogP contribution >= 0.6 is 0 Å². The van der Waals surface area contributed by atoms with Crippen molar-refractivity contribution in [3.63, 3.8) is 0 Å². The number of carbonyl (C=O) groups excluding carboxylic acids is 2. The van der Waals surface area contributed by atoms with Crippen LogP contribution in [0.3, 0.4) is 0 Å². The van der Waals surface area contributed by atoms with Crippen molar-refractivity contribution >= 4 is 11.8 Å². The average Bonchev–Trinajstić information content (AvgIpc) is 2.56. The maximum absolute atomic E-state index is 11.7. The Labute approximate surface area is 99.8 Å². The maximum atomic E-state index is 11.7. The van der Waals surface area contributed by atoms with E-state index >= 15 is 0 Å². The van der Waals surface area contributed by atoms with Crippen molar-refractivity contribution in [3.8, 4) is 0 Å². The molecule has 1 N–H and O–H groups in total. The molecule has 1 aliphatic heterocycles. The summed E-state index contributed by atoms with van der Waals surface area (Å²) in [6.45, 7) is 2.55. The normalized spacial score (nSPS) is 20.1. The van der Waals surface area contributed by atoms with Crippen molar-refractivity contribution in [3.05, 3.63) is 29.6 Å². The second-order valence-electron chi connectivity index (χ2n) is 4.23. The third-order valence-electron chi connectivity index (χ3n) is 3.06. The maximum Gasteiger partial charge on any atom is 0.246 e. The monoisotopic (exact) mass is 233 g/mol. The molecule has 90 valence electrons. The van der Waals surface area contributed by atoms with Gasteiger partial charge in [-0.15, -0.1) is 0 Å². The summed E-state index contributed by atoms with van der Waals surface area (Å²) >= 11 is 0. The molecule has 0 saturated carbocycles. The Morgan fingerprint density at radius 1 is 1.53 bits per heavy atom. The Balaban J connectivity index is 1.98. The molecule has 5 heteroatoms. The smallest absolute Gasteiger partial charge is 0.246 e. The Hall–Kier alpha value is -1.75. The minimum Gasteiger partial charge on any atom is -0.301 e. The van der Waals surface area contributed by atoms with Crippen molar-refractivity contribution in [1.82, 2.24) is 15.2 Å². The fraction of sp³-hybridized carbons (Fsp3) is 0.417. The number of likely N-dealkylation sites (tertiary alicyclic amines) is 1. The molecule has 1 unspecified atom stereocenters. The predicted molar refractivity (Wildman–Crippen MR) is 62.0 cm³/mol. The Morgan fingerprint density at radius 2 is 2.29 bits per heavy atom. The molecule has 1 aromatic heterocycles. The van der Waals surface area contributed by atoms with Gasteiger partial charge in [-0.1, -0.05) is 0 Å². The molecule has 0 spiro atoms. The molecule has 1 aromatic rings. The molecule has 0 bridgehead atoms. The minimum absolute atomic E-state index is 0.126. The highest BCUT2D eigenvalue weighted by molar-refractivity contribution is 6.05. The van der Waals surface area contributed by atoms with Crippen molar-refractivity contribution in [1.29, 1.82) is 0 Å². The third kappa shape index (κ3) is 2.34. The molecule has 2 amide bonds. The molecule has 0 radical (unpaired) electrons. The molecule has 17 heavy (non-hydrogen) atoms. The summed E-state index contributed by atoms with van der Waals surface area (Å²) < 4.78 is 0. The SMILES string of the molecule is Cc1cnccc1CNC1CC(=O)N(C)C1=O. The van der Waals surface area contributed by atoms with E-state index < -0.39 is 0 Å². The van der Waals surface area contributed by atoms with Gasteiger partial charge in [-0.2, -0.15) is 0 Å². The van der Waals surface area contributed by atoms with E-state index in [0.29, 0.717) is 6.54 Å². The average molecular weight is 233 g/mol. The second kappa shape index (κ2) is 4.63. The number of aromatic nitrogens is 1. The van der Waals surface area contributed by atoms with Gasteiger partial charge in [0, 0.05) is 26.0 Å². The van der Waals surface area contributed by atoms with Gasteiger partial charge in [-0.25, -0.2) is 0 Å². The van der Waals surface area contributed by atoms with Gasteiger partial charge >= 0.3 is 0 Å². The third-order valence-corrected chi connectivity index (χ3v) is 3.06. The van der Waals surface area contributed by atoms with Gasteiger partial charge in [0.05, 0.1) is 12.5 Å². The minimum atomic E-state index is -0.389. The van der Waals surface area contributed by atoms with Crippen LogP contribution in [-0.4, -0.2) is 34.8 Å². The van der Waals surface area contributed by atoms with Gasteiger partial charge in [0.25, 0.3) is 0 Å². The first-order valence-electron chi connectivity index (χ1n) is 5.53. The van der Waals surface area contributed by atoms with Crippen LogP contribution in [0.15, 0.2) is 18.5 Å². The number of hydrogen-bond donors (Lipinski definition) is 1. The van der Waals surface area contributed by atoms with Crippen LogP contribution in [0.25, 0.3) is 0 Å². The van der Waals surface area contributed by atoms with Gasteiger partial charge in [0.2, 0.25) is 11.8 Å². The highest BCUT2D eigenvalue weighted by atomic mass is 16.2. The number of rotatable bonds is 3. The summed E-state index contributed by atoms with van der Waals surface area (Å²) in [5.41, 5.74) is 2.17. The fourth-order valence-electron chi connectivity index (χ4n) is 1.85. The lowest BCUT2D eigenvalue weighted by Crippen LogP contribution is -2.36. The quantitative estimate of drug-likeness (QED) is 0.759. The summed E-state index contributed by atoms with van der Waals surface area (Å²) in [6.07, 6.45) is 3.75. The van der Waals surface area contributed by atoms with Crippen LogP contribution in [0.2, 0.25) is 0 Å². The van der Waals surface area contributed by atoms with Gasteiger partial charge in [-0.05, 0) is 24.1 Å². The van der Waals surface area contributed by atoms with Crippen LogP contribution in [0.5, 0.6) is 0 Å². The van der Waals surface area contributed by atoms with Crippen molar-refractivity contribution in [2.24, 2.45) is 0 Å². The summed E-state index contributed by atoms with van der Waals surface area (Å²) in [6, 6.07) is 1.52. The number of likely N-dealkylation sites (N-methyl/N-ethyl adjacent to an activating group) is 1. The number of pyridine rings is 1. The van der Waals surface area contributed by atoms with Gasteiger partial charge in [-0.3, -0.25) is 19.5 Å². The van der Waals surface area contributed by atoms with E-state index in [4.69, 9.17) is 0 Å². The molecule has 0 aliphatic carbocycles. The molecular formula is C12H15N3O2. The number of hydrogen-bond acceptors (Lipinski definition) is 4. The number of imide groups is 1. The van der Waals surface area contributed by atoms with E-state index in [1.54, 1.807) is 12.4 Å². The van der Waals surface area contributed by atoms with E-state index in [9.17, 15) is 9.59 Å². The number of aryl methyl sites for hydroxylation is 1. The second-order valence-corrected chi connectivity index (χ2v) is 4.23. The lowest BCUT2D eigenvalue weighted by molar-refractivity contribution is -0.137. The summed E-state index contributed by atoms with van der Waals surface area (Å²) in [7, 11) is 1.52. The van der Waals surface area contributed by atoms with Gasteiger partial charge in [0.1, 0.15) is 0 Å². The van der Waals surface area contributed by atoms with E-state index in [1.807, 2.05) is 13.0 Å². The lowest BCUT2D eigenvalue weighted by atomic mass is 10.1. The Morgan fingerprint density at radius 3 is 2.88 bits per heavy atom. The fourth-order valence-corrected chi connectivity index (χ4v) is 1.85. The molecule has 0 aromatic carbocycles. The largest absolute Gasteiger partial charge is 0.301 e. The standard InChI is InChI=1S/C12H15N3O2/c1-8-6-13-4-3-9(8)7-14-10-5-11(16)15(2)12(10)17/h3-4,6,10,14H,5,7H2,1-2H3. The van der Waals surface area contributed by atoms with Crippen molar-refractivity contribution < 1.29 is 9.59 Å². The van der Waals surface area contributed by atoms with E-state index in [1.165, 1.54) is 11.9 Å².